The van der Waals surface area contributed by atoms with Gasteiger partial charge in [0.25, 0.3) is 0 Å². The smallest absolute Gasteiger partial charge is 0.222 e. The number of aromatic nitrogens is 2. The predicted octanol–water partition coefficient (Wildman–Crippen LogP) is 3.83. The van der Waals surface area contributed by atoms with Crippen molar-refractivity contribution in [3.8, 4) is 5.75 Å². The highest BCUT2D eigenvalue weighted by Gasteiger charge is 2.16. The van der Waals surface area contributed by atoms with Crippen LogP contribution in [-0.4, -0.2) is 22.3 Å². The highest BCUT2D eigenvalue weighted by Crippen LogP contribution is 2.28. The number of nitrogens with one attached hydrogen (secondary N) is 2. The number of ether oxygens (including phenoxy) is 1. The van der Waals surface area contributed by atoms with E-state index < -0.39 is 0 Å². The first-order valence-electron chi connectivity index (χ1n) is 7.51. The maximum Gasteiger partial charge on any atom is 0.222 e. The first-order valence-corrected chi connectivity index (χ1v) is 7.51. The molecule has 0 spiro atoms. The van der Waals surface area contributed by atoms with Gasteiger partial charge in [-0.05, 0) is 31.2 Å². The number of nitrogens with zero attached hydrogens (tertiary/aromatic N) is 2. The molecule has 1 aliphatic rings. The fourth-order valence-corrected chi connectivity index (χ4v) is 2.58. The molecule has 0 saturated carbocycles. The second-order valence-corrected chi connectivity index (χ2v) is 5.41. The van der Waals surface area contributed by atoms with Crippen molar-refractivity contribution < 1.29 is 4.74 Å². The van der Waals surface area contributed by atoms with E-state index in [1.807, 2.05) is 55.5 Å². The minimum Gasteiger partial charge on any atom is -0.485 e. The van der Waals surface area contributed by atoms with Gasteiger partial charge in [0.2, 0.25) is 5.95 Å². The molecule has 2 aromatic carbocycles. The van der Waals surface area contributed by atoms with Crippen LogP contribution in [0.1, 0.15) is 12.5 Å². The van der Waals surface area contributed by atoms with E-state index >= 15 is 0 Å². The summed E-state index contributed by atoms with van der Waals surface area (Å²) in [6, 6.07) is 15.8. The van der Waals surface area contributed by atoms with E-state index in [0.29, 0.717) is 5.95 Å². The predicted molar refractivity (Wildman–Crippen MR) is 92.7 cm³/mol. The van der Waals surface area contributed by atoms with Crippen molar-refractivity contribution in [3.63, 3.8) is 0 Å². The summed E-state index contributed by atoms with van der Waals surface area (Å²) in [6.45, 7) is 2.01. The minimum absolute atomic E-state index is 0.0360. The summed E-state index contributed by atoms with van der Waals surface area (Å²) in [5.74, 6) is 1.52. The van der Waals surface area contributed by atoms with Crippen LogP contribution in [0.15, 0.2) is 59.2 Å². The lowest BCUT2D eigenvalue weighted by atomic mass is 10.0. The number of anilines is 1. The maximum atomic E-state index is 5.88. The zero-order valence-corrected chi connectivity index (χ0v) is 12.7. The molecule has 0 radical (unpaired) electrons. The third-order valence-electron chi connectivity index (χ3n) is 3.79. The monoisotopic (exact) mass is 304 g/mol. The van der Waals surface area contributed by atoms with Crippen molar-refractivity contribution >= 4 is 29.3 Å². The zero-order valence-electron chi connectivity index (χ0n) is 12.7. The van der Waals surface area contributed by atoms with Gasteiger partial charge < -0.3 is 9.72 Å². The van der Waals surface area contributed by atoms with Crippen LogP contribution in [-0.2, 0) is 0 Å². The number of imidazole rings is 1. The van der Waals surface area contributed by atoms with Crippen LogP contribution in [0.3, 0.4) is 0 Å². The van der Waals surface area contributed by atoms with Crippen LogP contribution in [0.25, 0.3) is 17.1 Å². The minimum atomic E-state index is -0.0360. The molecule has 0 amide bonds. The molecule has 2 heterocycles. The van der Waals surface area contributed by atoms with Crippen molar-refractivity contribution in [2.24, 2.45) is 5.10 Å². The largest absolute Gasteiger partial charge is 0.485 e. The second kappa shape index (κ2) is 5.61. The van der Waals surface area contributed by atoms with E-state index in [9.17, 15) is 0 Å². The molecule has 0 fully saturated rings. The maximum absolute atomic E-state index is 5.88. The standard InChI is InChI=1S/C18H16N4O/c1-12-14(10-13-6-2-5-9-17(13)23-12)11-19-22-18-20-15-7-3-4-8-16(15)21-18/h2-12H,1H3,(H2,20,21,22)/b19-11+. The summed E-state index contributed by atoms with van der Waals surface area (Å²) < 4.78 is 5.88. The molecule has 5 heteroatoms. The van der Waals surface area contributed by atoms with Gasteiger partial charge in [0.1, 0.15) is 11.9 Å². The van der Waals surface area contributed by atoms with Gasteiger partial charge in [0.05, 0.1) is 17.2 Å². The van der Waals surface area contributed by atoms with Crippen molar-refractivity contribution in [2.75, 3.05) is 5.43 Å². The summed E-state index contributed by atoms with van der Waals surface area (Å²) in [7, 11) is 0. The molecule has 23 heavy (non-hydrogen) atoms. The molecule has 2 N–H and O–H groups in total. The lowest BCUT2D eigenvalue weighted by molar-refractivity contribution is 0.260. The Morgan fingerprint density at radius 2 is 2.00 bits per heavy atom. The molecule has 114 valence electrons. The van der Waals surface area contributed by atoms with E-state index in [1.165, 1.54) is 0 Å². The molecule has 3 aromatic rings. The first-order chi connectivity index (χ1) is 11.3. The molecular formula is C18H16N4O. The summed E-state index contributed by atoms with van der Waals surface area (Å²) in [6.07, 6.45) is 3.83. The third-order valence-corrected chi connectivity index (χ3v) is 3.79. The van der Waals surface area contributed by atoms with Crippen molar-refractivity contribution in [1.29, 1.82) is 0 Å². The second-order valence-electron chi connectivity index (χ2n) is 5.41. The van der Waals surface area contributed by atoms with Gasteiger partial charge in [0, 0.05) is 11.1 Å². The molecule has 0 saturated heterocycles. The fraction of sp³-hybridized carbons (Fsp3) is 0.111. The van der Waals surface area contributed by atoms with Crippen molar-refractivity contribution in [3.05, 3.63) is 59.7 Å². The molecule has 4 rings (SSSR count). The van der Waals surface area contributed by atoms with E-state index in [0.717, 1.165) is 27.9 Å². The van der Waals surface area contributed by atoms with Gasteiger partial charge >= 0.3 is 0 Å². The molecule has 1 unspecified atom stereocenters. The lowest BCUT2D eigenvalue weighted by Gasteiger charge is -2.22. The number of rotatable bonds is 3. The van der Waals surface area contributed by atoms with Gasteiger partial charge in [-0.25, -0.2) is 10.4 Å². The highest BCUT2D eigenvalue weighted by atomic mass is 16.5. The van der Waals surface area contributed by atoms with Gasteiger partial charge in [-0.3, -0.25) is 0 Å². The number of aromatic amines is 1. The number of para-hydroxylation sites is 3. The van der Waals surface area contributed by atoms with E-state index in [-0.39, 0.29) is 6.10 Å². The number of fused-ring (bicyclic) bond motifs is 2. The number of hydrogen-bond donors (Lipinski definition) is 2. The van der Waals surface area contributed by atoms with E-state index in [2.05, 4.69) is 26.6 Å². The first kappa shape index (κ1) is 13.6. The summed E-state index contributed by atoms with van der Waals surface area (Å²) in [5.41, 5.74) is 6.89. The molecule has 0 aliphatic carbocycles. The summed E-state index contributed by atoms with van der Waals surface area (Å²) in [4.78, 5) is 7.59. The van der Waals surface area contributed by atoms with Crippen molar-refractivity contribution in [1.82, 2.24) is 9.97 Å². The fourth-order valence-electron chi connectivity index (χ4n) is 2.58. The molecule has 1 aromatic heterocycles. The SMILES string of the molecule is CC1Oc2ccccc2C=C1/C=N/Nc1nc2ccccc2[nH]1. The Labute approximate surface area is 133 Å². The Morgan fingerprint density at radius 3 is 2.91 bits per heavy atom. The number of hydrazone groups is 1. The molecule has 5 nitrogen and oxygen atoms in total. The van der Waals surface area contributed by atoms with Crippen LogP contribution in [0.5, 0.6) is 5.75 Å². The summed E-state index contributed by atoms with van der Waals surface area (Å²) in [5, 5.41) is 4.27. The molecule has 0 bridgehead atoms. The Bertz CT molecular complexity index is 877. The number of hydrogen-bond acceptors (Lipinski definition) is 4. The molecule has 1 aliphatic heterocycles. The quantitative estimate of drug-likeness (QED) is 0.571. The molecule has 1 atom stereocenters. The van der Waals surface area contributed by atoms with Crippen LogP contribution in [0, 0.1) is 0 Å². The summed E-state index contributed by atoms with van der Waals surface area (Å²) >= 11 is 0. The Balaban J connectivity index is 1.53. The van der Waals surface area contributed by atoms with Gasteiger partial charge in [0.15, 0.2) is 0 Å². The van der Waals surface area contributed by atoms with Gasteiger partial charge in [-0.15, -0.1) is 0 Å². The van der Waals surface area contributed by atoms with E-state index in [4.69, 9.17) is 4.74 Å². The van der Waals surface area contributed by atoms with Crippen LogP contribution in [0.4, 0.5) is 5.95 Å². The van der Waals surface area contributed by atoms with Gasteiger partial charge in [-0.2, -0.15) is 5.10 Å². The Kier molecular flexibility index (Phi) is 3.31. The van der Waals surface area contributed by atoms with Crippen molar-refractivity contribution in [2.45, 2.75) is 13.0 Å². The average molecular weight is 304 g/mol. The number of benzene rings is 2. The Hall–Kier alpha value is -3.08. The van der Waals surface area contributed by atoms with E-state index in [1.54, 1.807) is 6.21 Å². The topological polar surface area (TPSA) is 62.3 Å². The average Bonchev–Trinajstić information content (AvgIpc) is 2.98. The zero-order chi connectivity index (χ0) is 15.6. The molecular weight excluding hydrogens is 288 g/mol. The normalized spacial score (nSPS) is 16.9. The van der Waals surface area contributed by atoms with Crippen LogP contribution < -0.4 is 10.2 Å². The van der Waals surface area contributed by atoms with Gasteiger partial charge in [-0.1, -0.05) is 30.3 Å². The van der Waals surface area contributed by atoms with Crippen LogP contribution >= 0.6 is 0 Å². The lowest BCUT2D eigenvalue weighted by Crippen LogP contribution is -2.19. The number of H-pyrrole nitrogens is 1. The highest BCUT2D eigenvalue weighted by molar-refractivity contribution is 5.89. The Morgan fingerprint density at radius 1 is 1.17 bits per heavy atom. The van der Waals surface area contributed by atoms with Crippen LogP contribution in [0.2, 0.25) is 0 Å². The third kappa shape index (κ3) is 2.68.